The summed E-state index contributed by atoms with van der Waals surface area (Å²) in [7, 11) is 0. The van der Waals surface area contributed by atoms with Gasteiger partial charge in [0.25, 0.3) is 0 Å². The van der Waals surface area contributed by atoms with Gasteiger partial charge in [-0.2, -0.15) is 26.3 Å². The predicted molar refractivity (Wildman–Crippen MR) is 223 cm³/mol. The van der Waals surface area contributed by atoms with E-state index < -0.39 is 29.0 Å². The Morgan fingerprint density at radius 3 is 1.32 bits per heavy atom. The first-order valence-electron chi connectivity index (χ1n) is 19.2. The van der Waals surface area contributed by atoms with Gasteiger partial charge in [-0.25, -0.2) is 15.0 Å². The number of fused-ring (bicyclic) bond motifs is 3. The van der Waals surface area contributed by atoms with Crippen molar-refractivity contribution in [2.24, 2.45) is 0 Å². The second kappa shape index (κ2) is 14.2. The summed E-state index contributed by atoms with van der Waals surface area (Å²) in [5.41, 5.74) is 2.62. The summed E-state index contributed by atoms with van der Waals surface area (Å²) in [4.78, 5) is 14.8. The van der Waals surface area contributed by atoms with Crippen molar-refractivity contribution in [3.63, 3.8) is 0 Å². The van der Waals surface area contributed by atoms with E-state index in [1.165, 1.54) is 6.07 Å². The van der Waals surface area contributed by atoms with Crippen LogP contribution in [0.4, 0.5) is 26.3 Å². The van der Waals surface area contributed by atoms with Gasteiger partial charge in [-0.15, -0.1) is 0 Å². The van der Waals surface area contributed by atoms with Gasteiger partial charge in [0.2, 0.25) is 0 Å². The molecule has 0 atom stereocenters. The molecule has 0 aliphatic heterocycles. The van der Waals surface area contributed by atoms with Crippen molar-refractivity contribution in [2.45, 2.75) is 64.7 Å². The van der Waals surface area contributed by atoms with E-state index in [1.807, 2.05) is 89.5 Å². The smallest absolute Gasteiger partial charge is 0.308 e. The molecule has 8 aromatic rings. The van der Waals surface area contributed by atoms with Gasteiger partial charge in [0.1, 0.15) is 0 Å². The van der Waals surface area contributed by atoms with E-state index in [0.29, 0.717) is 29.0 Å². The molecular weight excluding hydrogens is 759 g/mol. The highest BCUT2D eigenvalue weighted by Crippen LogP contribution is 2.44. The summed E-state index contributed by atoms with van der Waals surface area (Å²) in [6, 6.07) is 37.7. The molecule has 2 aromatic heterocycles. The van der Waals surface area contributed by atoms with E-state index in [9.17, 15) is 26.3 Å². The number of benzene rings is 6. The zero-order valence-electron chi connectivity index (χ0n) is 33.3. The molecule has 0 radical (unpaired) electrons. The molecule has 2 heterocycles. The van der Waals surface area contributed by atoms with Gasteiger partial charge in [0.15, 0.2) is 17.5 Å². The molecular formula is C49H40F6N4. The Morgan fingerprint density at radius 1 is 0.407 bits per heavy atom. The molecule has 10 heteroatoms. The Kier molecular flexibility index (Phi) is 9.53. The predicted octanol–water partition coefficient (Wildman–Crippen LogP) is 14.3. The fraction of sp³-hybridized carbons (Fsp3) is 0.204. The van der Waals surface area contributed by atoms with Crippen LogP contribution in [0.5, 0.6) is 0 Å². The van der Waals surface area contributed by atoms with Gasteiger partial charge in [-0.3, -0.25) is 0 Å². The Bertz CT molecular complexity index is 2730. The zero-order valence-corrected chi connectivity index (χ0v) is 33.3. The molecule has 0 N–H and O–H groups in total. The number of aromatic nitrogens is 4. The van der Waals surface area contributed by atoms with Crippen LogP contribution >= 0.6 is 0 Å². The lowest BCUT2D eigenvalue weighted by Gasteiger charge is -2.20. The Morgan fingerprint density at radius 2 is 0.864 bits per heavy atom. The lowest BCUT2D eigenvalue weighted by Crippen LogP contribution is -2.12. The molecule has 0 aliphatic rings. The first-order chi connectivity index (χ1) is 27.8. The zero-order chi connectivity index (χ0) is 42.1. The fourth-order valence-corrected chi connectivity index (χ4v) is 7.42. The standard InChI is InChI=1S/C49H40F6N4/c1-46(2,3)32-19-23-40-37(26-32)38-27-33(47(4,5)6)20-24-41(38)59(40)42-25-31(35-22-18-34(48(50,51)52)28-39(35)49(53,54)55)17-21-36(42)45-57-43(29-13-9-7-10-14-29)56-44(58-45)30-15-11-8-12-16-30/h7-28H,1-6H3. The maximum Gasteiger partial charge on any atom is 0.417 e. The highest BCUT2D eigenvalue weighted by molar-refractivity contribution is 6.10. The van der Waals surface area contributed by atoms with Gasteiger partial charge in [0.05, 0.1) is 27.8 Å². The third-order valence-corrected chi connectivity index (χ3v) is 10.6. The Hall–Kier alpha value is -6.29. The number of rotatable bonds is 5. The summed E-state index contributed by atoms with van der Waals surface area (Å²) in [6.45, 7) is 12.8. The third-order valence-electron chi connectivity index (χ3n) is 10.6. The molecule has 8 rings (SSSR count). The molecule has 4 nitrogen and oxygen atoms in total. The quantitative estimate of drug-likeness (QED) is 0.163. The van der Waals surface area contributed by atoms with Gasteiger partial charge in [-0.1, -0.05) is 126 Å². The maximum absolute atomic E-state index is 14.7. The SMILES string of the molecule is CC(C)(C)c1ccc2c(c1)c1cc(C(C)(C)C)ccc1n2-c1cc(-c2ccc(C(F)(F)F)cc2C(F)(F)F)ccc1-c1nc(-c2ccccc2)nc(-c2ccccc2)n1. The van der Waals surface area contributed by atoms with E-state index in [2.05, 4.69) is 53.7 Å². The van der Waals surface area contributed by atoms with Crippen LogP contribution in [-0.2, 0) is 23.2 Å². The lowest BCUT2D eigenvalue weighted by atomic mass is 9.85. The highest BCUT2D eigenvalue weighted by Gasteiger charge is 2.38. The van der Waals surface area contributed by atoms with Crippen LogP contribution in [0.25, 0.3) is 72.8 Å². The average molecular weight is 799 g/mol. The van der Waals surface area contributed by atoms with Gasteiger partial charge in [0, 0.05) is 27.5 Å². The number of alkyl halides is 6. The molecule has 0 fully saturated rings. The van der Waals surface area contributed by atoms with Crippen molar-refractivity contribution in [1.82, 2.24) is 19.5 Å². The first-order valence-corrected chi connectivity index (χ1v) is 19.2. The van der Waals surface area contributed by atoms with E-state index in [-0.39, 0.29) is 28.3 Å². The summed E-state index contributed by atoms with van der Waals surface area (Å²) in [5, 5.41) is 1.87. The van der Waals surface area contributed by atoms with Crippen molar-refractivity contribution in [1.29, 1.82) is 0 Å². The minimum absolute atomic E-state index is 0.0676. The normalized spacial score (nSPS) is 12.7. The van der Waals surface area contributed by atoms with E-state index in [0.717, 1.165) is 50.1 Å². The van der Waals surface area contributed by atoms with Crippen LogP contribution in [0, 0.1) is 0 Å². The molecule has 0 saturated carbocycles. The van der Waals surface area contributed by atoms with Crippen molar-refractivity contribution in [3.8, 4) is 51.0 Å². The molecule has 0 saturated heterocycles. The van der Waals surface area contributed by atoms with Crippen molar-refractivity contribution < 1.29 is 26.3 Å². The molecule has 0 aliphatic carbocycles. The number of hydrogen-bond donors (Lipinski definition) is 0. The third kappa shape index (κ3) is 7.59. The summed E-state index contributed by atoms with van der Waals surface area (Å²) >= 11 is 0. The summed E-state index contributed by atoms with van der Waals surface area (Å²) in [6.07, 6.45) is -10.1. The lowest BCUT2D eigenvalue weighted by molar-refractivity contribution is -0.142. The first kappa shape index (κ1) is 39.5. The van der Waals surface area contributed by atoms with Crippen LogP contribution in [0.2, 0.25) is 0 Å². The van der Waals surface area contributed by atoms with Crippen LogP contribution in [0.3, 0.4) is 0 Å². The van der Waals surface area contributed by atoms with Crippen LogP contribution in [-0.4, -0.2) is 19.5 Å². The summed E-state index contributed by atoms with van der Waals surface area (Å²) in [5.74, 6) is 1.03. The van der Waals surface area contributed by atoms with Crippen molar-refractivity contribution >= 4 is 21.8 Å². The molecule has 298 valence electrons. The van der Waals surface area contributed by atoms with Gasteiger partial charge >= 0.3 is 12.4 Å². The second-order valence-corrected chi connectivity index (χ2v) is 16.8. The van der Waals surface area contributed by atoms with Crippen LogP contribution in [0.1, 0.15) is 63.8 Å². The topological polar surface area (TPSA) is 43.6 Å². The maximum atomic E-state index is 14.7. The molecule has 59 heavy (non-hydrogen) atoms. The Balaban J connectivity index is 1.49. The average Bonchev–Trinajstić information content (AvgIpc) is 3.52. The number of nitrogens with zero attached hydrogens (tertiary/aromatic N) is 4. The van der Waals surface area contributed by atoms with E-state index in [1.54, 1.807) is 12.1 Å². The minimum Gasteiger partial charge on any atom is -0.308 e. The molecule has 0 amide bonds. The Labute approximate surface area is 338 Å². The monoisotopic (exact) mass is 798 g/mol. The fourth-order valence-electron chi connectivity index (χ4n) is 7.42. The molecule has 0 spiro atoms. The largest absolute Gasteiger partial charge is 0.417 e. The number of hydrogen-bond acceptors (Lipinski definition) is 3. The van der Waals surface area contributed by atoms with Gasteiger partial charge < -0.3 is 4.57 Å². The number of halogens is 6. The molecule has 0 unspecified atom stereocenters. The van der Waals surface area contributed by atoms with Gasteiger partial charge in [-0.05, 0) is 81.6 Å². The van der Waals surface area contributed by atoms with Crippen LogP contribution < -0.4 is 0 Å². The highest BCUT2D eigenvalue weighted by atomic mass is 19.4. The van der Waals surface area contributed by atoms with Crippen LogP contribution in [0.15, 0.2) is 133 Å². The van der Waals surface area contributed by atoms with E-state index in [4.69, 9.17) is 15.0 Å². The summed E-state index contributed by atoms with van der Waals surface area (Å²) < 4.78 is 87.6. The van der Waals surface area contributed by atoms with E-state index >= 15 is 0 Å². The molecule has 6 aromatic carbocycles. The minimum atomic E-state index is -5.08. The van der Waals surface area contributed by atoms with Crippen molar-refractivity contribution in [2.75, 3.05) is 0 Å². The van der Waals surface area contributed by atoms with Crippen molar-refractivity contribution in [3.05, 3.63) is 156 Å². The molecule has 0 bridgehead atoms. The second-order valence-electron chi connectivity index (χ2n) is 16.8.